The fourth-order valence-electron chi connectivity index (χ4n) is 1.83. The van der Waals surface area contributed by atoms with Gasteiger partial charge in [0.15, 0.2) is 0 Å². The average molecular weight is 285 g/mol. The fourth-order valence-corrected chi connectivity index (χ4v) is 1.83. The third-order valence-corrected chi connectivity index (χ3v) is 3.04. The average Bonchev–Trinajstić information content (AvgIpc) is 2.52. The third-order valence-electron chi connectivity index (χ3n) is 3.04. The number of ether oxygens (including phenoxy) is 1. The summed E-state index contributed by atoms with van der Waals surface area (Å²) in [6.07, 6.45) is 0. The van der Waals surface area contributed by atoms with Gasteiger partial charge in [-0.2, -0.15) is 0 Å². The van der Waals surface area contributed by atoms with Gasteiger partial charge in [-0.3, -0.25) is 4.79 Å². The number of rotatable bonds is 6. The maximum Gasteiger partial charge on any atom is 0.251 e. The van der Waals surface area contributed by atoms with Crippen LogP contribution in [0.4, 0.5) is 0 Å². The van der Waals surface area contributed by atoms with E-state index in [1.54, 1.807) is 24.3 Å². The summed E-state index contributed by atoms with van der Waals surface area (Å²) in [5, 5.41) is 11.3. The molecule has 2 N–H and O–H groups in total. The number of hydrogen-bond donors (Lipinski definition) is 2. The van der Waals surface area contributed by atoms with Gasteiger partial charge in [0, 0.05) is 12.1 Å². The Morgan fingerprint density at radius 3 is 2.38 bits per heavy atom. The number of aliphatic hydroxyl groups excluding tert-OH is 1. The van der Waals surface area contributed by atoms with Gasteiger partial charge < -0.3 is 15.2 Å². The monoisotopic (exact) mass is 285 g/mol. The molecule has 2 aromatic carbocycles. The molecular weight excluding hydrogens is 266 g/mol. The zero-order valence-corrected chi connectivity index (χ0v) is 12.0. The van der Waals surface area contributed by atoms with E-state index < -0.39 is 0 Å². The van der Waals surface area contributed by atoms with Gasteiger partial charge in [-0.05, 0) is 36.8 Å². The molecule has 2 aromatic rings. The standard InChI is InChI=1S/C17H19NO3/c1-13-2-4-14(5-3-13)12-21-16-8-6-15(7-9-16)17(20)18-10-11-19/h2-9,19H,10-12H2,1H3,(H,18,20). The van der Waals surface area contributed by atoms with Gasteiger partial charge in [0.05, 0.1) is 6.61 Å². The molecule has 0 aliphatic rings. The molecule has 0 unspecified atom stereocenters. The lowest BCUT2D eigenvalue weighted by molar-refractivity contribution is 0.0944. The molecule has 4 heteroatoms. The minimum absolute atomic E-state index is 0.0660. The van der Waals surface area contributed by atoms with Crippen molar-refractivity contribution in [1.29, 1.82) is 0 Å². The van der Waals surface area contributed by atoms with Crippen LogP contribution in [0.3, 0.4) is 0 Å². The minimum Gasteiger partial charge on any atom is -0.489 e. The number of hydrogen-bond acceptors (Lipinski definition) is 3. The summed E-state index contributed by atoms with van der Waals surface area (Å²) in [6.45, 7) is 2.73. The zero-order valence-electron chi connectivity index (χ0n) is 12.0. The van der Waals surface area contributed by atoms with Crippen LogP contribution >= 0.6 is 0 Å². The Morgan fingerprint density at radius 1 is 1.10 bits per heavy atom. The van der Waals surface area contributed by atoms with E-state index in [-0.39, 0.29) is 19.1 Å². The Bertz CT molecular complexity index is 576. The number of nitrogens with one attached hydrogen (secondary N) is 1. The summed E-state index contributed by atoms with van der Waals surface area (Å²) in [4.78, 5) is 11.7. The molecule has 2 rings (SSSR count). The Labute approximate surface area is 124 Å². The number of benzene rings is 2. The smallest absolute Gasteiger partial charge is 0.251 e. The molecule has 1 amide bonds. The van der Waals surface area contributed by atoms with E-state index in [2.05, 4.69) is 5.32 Å². The van der Waals surface area contributed by atoms with E-state index in [1.165, 1.54) is 5.56 Å². The number of carbonyl (C=O) groups excluding carboxylic acids is 1. The zero-order chi connectivity index (χ0) is 15.1. The highest BCUT2D eigenvalue weighted by molar-refractivity contribution is 5.94. The van der Waals surface area contributed by atoms with Gasteiger partial charge in [0.1, 0.15) is 12.4 Å². The van der Waals surface area contributed by atoms with Crippen LogP contribution in [0.15, 0.2) is 48.5 Å². The molecule has 0 saturated heterocycles. The number of aryl methyl sites for hydroxylation is 1. The van der Waals surface area contributed by atoms with Crippen LogP contribution in [-0.4, -0.2) is 24.2 Å². The van der Waals surface area contributed by atoms with Crippen LogP contribution in [0.25, 0.3) is 0 Å². The molecule has 110 valence electrons. The molecule has 0 spiro atoms. The molecule has 4 nitrogen and oxygen atoms in total. The Balaban J connectivity index is 1.90. The highest BCUT2D eigenvalue weighted by atomic mass is 16.5. The van der Waals surface area contributed by atoms with Crippen LogP contribution in [0, 0.1) is 6.92 Å². The first-order valence-electron chi connectivity index (χ1n) is 6.86. The van der Waals surface area contributed by atoms with Crippen molar-refractivity contribution >= 4 is 5.91 Å². The van der Waals surface area contributed by atoms with Crippen molar-refractivity contribution in [2.45, 2.75) is 13.5 Å². The maximum absolute atomic E-state index is 11.7. The first-order chi connectivity index (χ1) is 10.2. The van der Waals surface area contributed by atoms with Crippen molar-refractivity contribution < 1.29 is 14.6 Å². The van der Waals surface area contributed by atoms with Crippen molar-refractivity contribution in [3.63, 3.8) is 0 Å². The highest BCUT2D eigenvalue weighted by Crippen LogP contribution is 2.14. The second-order valence-corrected chi connectivity index (χ2v) is 4.78. The molecule has 0 aliphatic heterocycles. The molecular formula is C17H19NO3. The van der Waals surface area contributed by atoms with Crippen LogP contribution in [0.5, 0.6) is 5.75 Å². The van der Waals surface area contributed by atoms with Gasteiger partial charge in [-0.15, -0.1) is 0 Å². The lowest BCUT2D eigenvalue weighted by Gasteiger charge is -2.08. The SMILES string of the molecule is Cc1ccc(COc2ccc(C(=O)NCCO)cc2)cc1. The maximum atomic E-state index is 11.7. The van der Waals surface area contributed by atoms with E-state index in [4.69, 9.17) is 9.84 Å². The first-order valence-corrected chi connectivity index (χ1v) is 6.86. The van der Waals surface area contributed by atoms with Crippen molar-refractivity contribution in [1.82, 2.24) is 5.32 Å². The fraction of sp³-hybridized carbons (Fsp3) is 0.235. The van der Waals surface area contributed by atoms with Gasteiger partial charge >= 0.3 is 0 Å². The molecule has 0 heterocycles. The van der Waals surface area contributed by atoms with E-state index in [0.29, 0.717) is 17.9 Å². The molecule has 0 fully saturated rings. The lowest BCUT2D eigenvalue weighted by atomic mass is 10.2. The van der Waals surface area contributed by atoms with Gasteiger partial charge in [0.2, 0.25) is 0 Å². The van der Waals surface area contributed by atoms with Crippen molar-refractivity contribution in [3.8, 4) is 5.75 Å². The van der Waals surface area contributed by atoms with Crippen LogP contribution < -0.4 is 10.1 Å². The Kier molecular flexibility index (Phi) is 5.35. The molecule has 0 aromatic heterocycles. The van der Waals surface area contributed by atoms with Crippen molar-refractivity contribution in [3.05, 3.63) is 65.2 Å². The number of amides is 1. The summed E-state index contributed by atoms with van der Waals surface area (Å²) in [6, 6.07) is 15.1. The van der Waals surface area contributed by atoms with E-state index in [1.807, 2.05) is 31.2 Å². The van der Waals surface area contributed by atoms with Gasteiger partial charge in [0.25, 0.3) is 5.91 Å². The Hall–Kier alpha value is -2.33. The van der Waals surface area contributed by atoms with Crippen LogP contribution in [-0.2, 0) is 6.61 Å². The summed E-state index contributed by atoms with van der Waals surface area (Å²) in [7, 11) is 0. The highest BCUT2D eigenvalue weighted by Gasteiger charge is 2.04. The predicted molar refractivity (Wildman–Crippen MR) is 81.4 cm³/mol. The largest absolute Gasteiger partial charge is 0.489 e. The van der Waals surface area contributed by atoms with Crippen molar-refractivity contribution in [2.24, 2.45) is 0 Å². The molecule has 0 saturated carbocycles. The third kappa shape index (κ3) is 4.61. The molecule has 21 heavy (non-hydrogen) atoms. The first kappa shape index (κ1) is 15.1. The van der Waals surface area contributed by atoms with Gasteiger partial charge in [-0.25, -0.2) is 0 Å². The summed E-state index contributed by atoms with van der Waals surface area (Å²) in [5.41, 5.74) is 2.87. The predicted octanol–water partition coefficient (Wildman–Crippen LogP) is 2.30. The lowest BCUT2D eigenvalue weighted by Crippen LogP contribution is -2.26. The number of carbonyl (C=O) groups is 1. The van der Waals surface area contributed by atoms with E-state index >= 15 is 0 Å². The molecule has 0 bridgehead atoms. The van der Waals surface area contributed by atoms with Crippen LogP contribution in [0.1, 0.15) is 21.5 Å². The topological polar surface area (TPSA) is 58.6 Å². The van der Waals surface area contributed by atoms with Gasteiger partial charge in [-0.1, -0.05) is 29.8 Å². The summed E-state index contributed by atoms with van der Waals surface area (Å²) < 4.78 is 5.68. The normalized spacial score (nSPS) is 10.2. The molecule has 0 radical (unpaired) electrons. The Morgan fingerprint density at radius 2 is 1.76 bits per heavy atom. The number of aliphatic hydroxyl groups is 1. The van der Waals surface area contributed by atoms with E-state index in [0.717, 1.165) is 5.56 Å². The second-order valence-electron chi connectivity index (χ2n) is 4.78. The second kappa shape index (κ2) is 7.45. The molecule has 0 aliphatic carbocycles. The van der Waals surface area contributed by atoms with Crippen LogP contribution in [0.2, 0.25) is 0 Å². The summed E-state index contributed by atoms with van der Waals surface area (Å²) in [5.74, 6) is 0.517. The van der Waals surface area contributed by atoms with Crippen molar-refractivity contribution in [2.75, 3.05) is 13.2 Å². The molecule has 0 atom stereocenters. The van der Waals surface area contributed by atoms with E-state index in [9.17, 15) is 4.79 Å². The quantitative estimate of drug-likeness (QED) is 0.856. The summed E-state index contributed by atoms with van der Waals surface area (Å²) >= 11 is 0. The minimum atomic E-state index is -0.200.